The predicted octanol–water partition coefficient (Wildman–Crippen LogP) is 1.49. The van der Waals surface area contributed by atoms with Crippen molar-refractivity contribution in [1.29, 1.82) is 0 Å². The van der Waals surface area contributed by atoms with E-state index in [1.165, 1.54) is 6.92 Å². The summed E-state index contributed by atoms with van der Waals surface area (Å²) in [4.78, 5) is 11.1. The molecule has 1 aromatic carbocycles. The molecule has 0 aliphatic carbocycles. The number of carbonyl (C=O) groups is 1. The van der Waals surface area contributed by atoms with Crippen LogP contribution in [0, 0.1) is 6.92 Å². The van der Waals surface area contributed by atoms with Crippen molar-refractivity contribution in [2.45, 2.75) is 20.3 Å². The van der Waals surface area contributed by atoms with E-state index in [-0.39, 0.29) is 12.2 Å². The molecule has 0 amide bonds. The van der Waals surface area contributed by atoms with Crippen LogP contribution in [-0.2, 0) is 20.4 Å². The molecule has 0 aliphatic heterocycles. The maximum atomic E-state index is 11.1. The van der Waals surface area contributed by atoms with Crippen LogP contribution in [0.5, 0.6) is 0 Å². The van der Waals surface area contributed by atoms with Gasteiger partial charge in [-0.1, -0.05) is 35.0 Å². The Labute approximate surface area is 102 Å². The summed E-state index contributed by atoms with van der Waals surface area (Å²) in [5, 5.41) is 3.46. The third kappa shape index (κ3) is 4.88. The first-order chi connectivity index (χ1) is 7.99. The molecule has 0 aliphatic rings. The summed E-state index contributed by atoms with van der Waals surface area (Å²) in [5.41, 5.74) is 1.96. The molecular weight excluding hydrogens is 242 g/mol. The van der Waals surface area contributed by atoms with Gasteiger partial charge in [0, 0.05) is 5.56 Å². The van der Waals surface area contributed by atoms with Gasteiger partial charge in [0.05, 0.1) is 12.1 Å². The quantitative estimate of drug-likeness (QED) is 0.453. The van der Waals surface area contributed by atoms with Crippen LogP contribution in [0.15, 0.2) is 29.4 Å². The third-order valence-corrected chi connectivity index (χ3v) is 2.17. The van der Waals surface area contributed by atoms with Gasteiger partial charge in [-0.25, -0.2) is 4.21 Å². The van der Waals surface area contributed by atoms with Crippen LogP contribution >= 0.6 is 0 Å². The van der Waals surface area contributed by atoms with Crippen molar-refractivity contribution < 1.29 is 17.8 Å². The number of hydrogen-bond acceptors (Lipinski definition) is 5. The van der Waals surface area contributed by atoms with Crippen LogP contribution in [0.4, 0.5) is 0 Å². The highest BCUT2D eigenvalue weighted by Crippen LogP contribution is 2.09. The largest absolute Gasteiger partial charge is 0.738 e. The lowest BCUT2D eigenvalue weighted by atomic mass is 10.0. The number of aryl methyl sites for hydroxylation is 1. The average molecular weight is 254 g/mol. The Balaban J connectivity index is 3.01. The van der Waals surface area contributed by atoms with Crippen molar-refractivity contribution in [1.82, 2.24) is 0 Å². The molecule has 0 fully saturated rings. The molecule has 17 heavy (non-hydrogen) atoms. The molecule has 0 radical (unpaired) electrons. The number of ketones is 1. The number of rotatable bonds is 5. The summed E-state index contributed by atoms with van der Waals surface area (Å²) in [5.74, 6) is -0.120. The normalized spacial score (nSPS) is 13.2. The van der Waals surface area contributed by atoms with Crippen LogP contribution in [0.1, 0.15) is 24.5 Å². The van der Waals surface area contributed by atoms with Gasteiger partial charge in [-0.05, 0) is 13.8 Å². The minimum absolute atomic E-state index is 0.0284. The van der Waals surface area contributed by atoms with Gasteiger partial charge >= 0.3 is 0 Å². The van der Waals surface area contributed by atoms with Crippen LogP contribution in [0.2, 0.25) is 0 Å². The monoisotopic (exact) mass is 254 g/mol. The van der Waals surface area contributed by atoms with Gasteiger partial charge in [0.2, 0.25) is 0 Å². The lowest BCUT2D eigenvalue weighted by Gasteiger charge is -2.06. The molecule has 0 bridgehead atoms. The number of Topliss-reactive ketones (excluding diaryl/α,β-unsaturated/α-hetero) is 1. The minimum atomic E-state index is -2.73. The van der Waals surface area contributed by atoms with E-state index in [1.54, 1.807) is 18.2 Å². The first-order valence-corrected chi connectivity index (χ1v) is 5.89. The van der Waals surface area contributed by atoms with Gasteiger partial charge in [0.1, 0.15) is 5.78 Å². The van der Waals surface area contributed by atoms with Crippen LogP contribution in [0.3, 0.4) is 0 Å². The van der Waals surface area contributed by atoms with Gasteiger partial charge in [0.25, 0.3) is 0 Å². The molecule has 0 spiro atoms. The minimum Gasteiger partial charge on any atom is -0.738 e. The Morgan fingerprint density at radius 3 is 2.76 bits per heavy atom. The lowest BCUT2D eigenvalue weighted by molar-refractivity contribution is -0.115. The fourth-order valence-corrected chi connectivity index (χ4v) is 1.47. The molecule has 1 rings (SSSR count). The Hall–Kier alpha value is -1.53. The molecule has 0 N–H and O–H groups in total. The number of carbonyl (C=O) groups excluding carboxylic acids is 1. The number of nitrogens with zero attached hydrogens (tertiary/aromatic N) is 1. The summed E-state index contributed by atoms with van der Waals surface area (Å²) in [6.07, 6.45) is 0.0284. The second kappa shape index (κ2) is 6.27. The lowest BCUT2D eigenvalue weighted by Crippen LogP contribution is -2.08. The molecule has 6 heteroatoms. The van der Waals surface area contributed by atoms with Crippen LogP contribution in [0.25, 0.3) is 0 Å². The molecule has 0 saturated carbocycles. The van der Waals surface area contributed by atoms with Crippen molar-refractivity contribution in [3.8, 4) is 0 Å². The van der Waals surface area contributed by atoms with Gasteiger partial charge in [-0.3, -0.25) is 4.79 Å². The highest BCUT2D eigenvalue weighted by atomic mass is 32.2. The zero-order valence-corrected chi connectivity index (χ0v) is 10.3. The van der Waals surface area contributed by atoms with E-state index in [1.807, 2.05) is 13.0 Å². The highest BCUT2D eigenvalue weighted by molar-refractivity contribution is 7.74. The second-order valence-electron chi connectivity index (χ2n) is 3.56. The SMILES string of the molecule is CC(=O)CC(=NOS(=O)[O-])c1cccc(C)c1. The zero-order valence-electron chi connectivity index (χ0n) is 9.50. The smallest absolute Gasteiger partial charge is 0.169 e. The predicted molar refractivity (Wildman–Crippen MR) is 63.0 cm³/mol. The number of oxime groups is 1. The van der Waals surface area contributed by atoms with Gasteiger partial charge < -0.3 is 8.84 Å². The standard InChI is InChI=1S/C11H13NO4S/c1-8-4-3-5-10(6-8)11(7-9(2)13)12-16-17(14)15/h3-6H,7H2,1-2H3,(H,14,15)/p-1. The molecule has 0 aromatic heterocycles. The summed E-state index contributed by atoms with van der Waals surface area (Å²) < 4.78 is 24.7. The Morgan fingerprint density at radius 1 is 1.53 bits per heavy atom. The fourth-order valence-electron chi connectivity index (χ4n) is 1.32. The molecule has 92 valence electrons. The van der Waals surface area contributed by atoms with Crippen molar-refractivity contribution in [2.24, 2.45) is 5.16 Å². The molecule has 5 nitrogen and oxygen atoms in total. The van der Waals surface area contributed by atoms with E-state index in [9.17, 15) is 13.6 Å². The topological polar surface area (TPSA) is 78.8 Å². The third-order valence-electron chi connectivity index (χ3n) is 1.98. The molecule has 1 unspecified atom stereocenters. The van der Waals surface area contributed by atoms with Crippen molar-refractivity contribution in [3.63, 3.8) is 0 Å². The molecule has 1 atom stereocenters. The van der Waals surface area contributed by atoms with E-state index in [0.717, 1.165) is 5.56 Å². The molecular formula is C11H12NO4S-. The van der Waals surface area contributed by atoms with Gasteiger partial charge in [-0.15, -0.1) is 0 Å². The molecule has 1 aromatic rings. The first-order valence-electron chi connectivity index (χ1n) is 4.89. The van der Waals surface area contributed by atoms with Crippen LogP contribution < -0.4 is 0 Å². The maximum absolute atomic E-state index is 11.1. The Bertz CT molecular complexity index is 470. The Kier molecular flexibility index (Phi) is 4.99. The van der Waals surface area contributed by atoms with E-state index >= 15 is 0 Å². The van der Waals surface area contributed by atoms with E-state index < -0.39 is 11.4 Å². The number of benzene rings is 1. The Morgan fingerprint density at radius 2 is 2.24 bits per heavy atom. The van der Waals surface area contributed by atoms with E-state index in [0.29, 0.717) is 11.3 Å². The molecule has 0 saturated heterocycles. The second-order valence-corrected chi connectivity index (χ2v) is 4.12. The van der Waals surface area contributed by atoms with Gasteiger partial charge in [0.15, 0.2) is 11.4 Å². The summed E-state index contributed by atoms with van der Waals surface area (Å²) in [6.45, 7) is 3.29. The first kappa shape index (κ1) is 13.5. The molecule has 0 heterocycles. The average Bonchev–Trinajstić information content (AvgIpc) is 2.23. The maximum Gasteiger partial charge on any atom is 0.169 e. The van der Waals surface area contributed by atoms with Crippen molar-refractivity contribution in [3.05, 3.63) is 35.4 Å². The van der Waals surface area contributed by atoms with Gasteiger partial charge in [-0.2, -0.15) is 0 Å². The van der Waals surface area contributed by atoms with Crippen molar-refractivity contribution in [2.75, 3.05) is 0 Å². The summed E-state index contributed by atoms with van der Waals surface area (Å²) in [6, 6.07) is 7.24. The fraction of sp³-hybridized carbons (Fsp3) is 0.273. The number of hydrogen-bond donors (Lipinski definition) is 0. The summed E-state index contributed by atoms with van der Waals surface area (Å²) >= 11 is -2.73. The van der Waals surface area contributed by atoms with E-state index in [4.69, 9.17) is 0 Å². The van der Waals surface area contributed by atoms with Crippen LogP contribution in [-0.4, -0.2) is 20.3 Å². The van der Waals surface area contributed by atoms with Crippen molar-refractivity contribution >= 4 is 22.9 Å². The van der Waals surface area contributed by atoms with E-state index in [2.05, 4.69) is 9.44 Å². The highest BCUT2D eigenvalue weighted by Gasteiger charge is 2.08. The zero-order chi connectivity index (χ0) is 12.8. The summed E-state index contributed by atoms with van der Waals surface area (Å²) in [7, 11) is 0.